The number of pyridine rings is 1. The quantitative estimate of drug-likeness (QED) is 0.430. The van der Waals surface area contributed by atoms with E-state index in [-0.39, 0.29) is 23.1 Å². The van der Waals surface area contributed by atoms with Gasteiger partial charge >= 0.3 is 0 Å². The molecule has 2 heterocycles. The molecule has 0 saturated carbocycles. The summed E-state index contributed by atoms with van der Waals surface area (Å²) in [6.45, 7) is 5.02. The molecule has 2 aromatic heterocycles. The molecule has 146 valence electrons. The molecule has 3 rings (SSSR count). The Balaban J connectivity index is 1.78. The van der Waals surface area contributed by atoms with Gasteiger partial charge < -0.3 is 5.32 Å². The van der Waals surface area contributed by atoms with E-state index in [9.17, 15) is 9.59 Å². The second kappa shape index (κ2) is 9.34. The average Bonchev–Trinajstić information content (AvgIpc) is 2.68. The van der Waals surface area contributed by atoms with Crippen LogP contribution >= 0.6 is 27.7 Å². The first-order valence-corrected chi connectivity index (χ1v) is 10.7. The van der Waals surface area contributed by atoms with Crippen molar-refractivity contribution in [2.45, 2.75) is 32.1 Å². The zero-order valence-corrected chi connectivity index (χ0v) is 18.1. The van der Waals surface area contributed by atoms with Gasteiger partial charge in [-0.3, -0.25) is 19.1 Å². The van der Waals surface area contributed by atoms with E-state index >= 15 is 0 Å². The van der Waals surface area contributed by atoms with Crippen molar-refractivity contribution in [1.82, 2.24) is 19.9 Å². The summed E-state index contributed by atoms with van der Waals surface area (Å²) in [5.41, 5.74) is 1.34. The Labute approximate surface area is 175 Å². The second-order valence-electron chi connectivity index (χ2n) is 6.75. The van der Waals surface area contributed by atoms with Crippen molar-refractivity contribution >= 4 is 44.5 Å². The lowest BCUT2D eigenvalue weighted by Gasteiger charge is -2.15. The predicted molar refractivity (Wildman–Crippen MR) is 115 cm³/mol. The molecule has 0 spiro atoms. The largest absolute Gasteiger partial charge is 0.350 e. The fraction of sp³-hybridized carbons (Fsp3) is 0.300. The zero-order valence-electron chi connectivity index (χ0n) is 15.7. The third-order valence-electron chi connectivity index (χ3n) is 3.95. The van der Waals surface area contributed by atoms with Crippen LogP contribution in [0.4, 0.5) is 0 Å². The van der Waals surface area contributed by atoms with Gasteiger partial charge in [-0.2, -0.15) is 0 Å². The molecule has 6 nitrogen and oxygen atoms in total. The summed E-state index contributed by atoms with van der Waals surface area (Å²) < 4.78 is 2.50. The molecule has 0 unspecified atom stereocenters. The molecule has 1 amide bonds. The number of nitrogens with zero attached hydrogens (tertiary/aromatic N) is 3. The number of halogens is 1. The molecular weight excluding hydrogens is 440 g/mol. The molecular formula is C20H21BrN4O2S. The number of hydrogen-bond acceptors (Lipinski definition) is 5. The van der Waals surface area contributed by atoms with Gasteiger partial charge in [-0.1, -0.05) is 47.6 Å². The Morgan fingerprint density at radius 3 is 2.82 bits per heavy atom. The third-order valence-corrected chi connectivity index (χ3v) is 5.42. The maximum atomic E-state index is 13.0. The zero-order chi connectivity index (χ0) is 20.1. The molecule has 0 saturated heterocycles. The lowest BCUT2D eigenvalue weighted by atomic mass is 10.2. The van der Waals surface area contributed by atoms with Gasteiger partial charge in [0, 0.05) is 17.2 Å². The standard InChI is InChI=1S/C20H21BrN4O2S/c1-13(2)11-25-19(27)16-9-14(21)6-7-17(16)24-20(25)28-12-18(26)23-10-15-5-3-4-8-22-15/h3-9,13H,10-12H2,1-2H3,(H,23,26). The molecule has 28 heavy (non-hydrogen) atoms. The van der Waals surface area contributed by atoms with Crippen LogP contribution in [-0.4, -0.2) is 26.2 Å². The van der Waals surface area contributed by atoms with E-state index in [4.69, 9.17) is 0 Å². The summed E-state index contributed by atoms with van der Waals surface area (Å²) in [5.74, 6) is 0.331. The topological polar surface area (TPSA) is 76.9 Å². The highest BCUT2D eigenvalue weighted by Crippen LogP contribution is 2.21. The van der Waals surface area contributed by atoms with Crippen LogP contribution < -0.4 is 10.9 Å². The van der Waals surface area contributed by atoms with E-state index < -0.39 is 0 Å². The van der Waals surface area contributed by atoms with Crippen LogP contribution in [0.25, 0.3) is 10.9 Å². The Hall–Kier alpha value is -2.19. The monoisotopic (exact) mass is 460 g/mol. The minimum atomic E-state index is -0.128. The van der Waals surface area contributed by atoms with Gasteiger partial charge in [0.25, 0.3) is 5.56 Å². The fourth-order valence-corrected chi connectivity index (χ4v) is 3.88. The number of carbonyl (C=O) groups is 1. The minimum Gasteiger partial charge on any atom is -0.350 e. The van der Waals surface area contributed by atoms with Gasteiger partial charge in [-0.15, -0.1) is 0 Å². The highest BCUT2D eigenvalue weighted by Gasteiger charge is 2.14. The first-order valence-electron chi connectivity index (χ1n) is 8.93. The Morgan fingerprint density at radius 2 is 2.11 bits per heavy atom. The number of benzene rings is 1. The van der Waals surface area contributed by atoms with Gasteiger partial charge in [0.1, 0.15) is 0 Å². The SMILES string of the molecule is CC(C)Cn1c(SCC(=O)NCc2ccccn2)nc2ccc(Br)cc2c1=O. The molecule has 8 heteroatoms. The molecule has 0 aliphatic carbocycles. The molecule has 0 aliphatic heterocycles. The molecule has 1 aromatic carbocycles. The molecule has 0 atom stereocenters. The molecule has 0 fully saturated rings. The van der Waals surface area contributed by atoms with Crippen molar-refractivity contribution in [3.63, 3.8) is 0 Å². The van der Waals surface area contributed by atoms with Gasteiger partial charge in [-0.05, 0) is 36.2 Å². The predicted octanol–water partition coefficient (Wildman–Crippen LogP) is 3.62. The van der Waals surface area contributed by atoms with Gasteiger partial charge in [0.2, 0.25) is 5.91 Å². The lowest BCUT2D eigenvalue weighted by molar-refractivity contribution is -0.118. The van der Waals surface area contributed by atoms with Gasteiger partial charge in [-0.25, -0.2) is 4.98 Å². The van der Waals surface area contributed by atoms with E-state index in [2.05, 4.69) is 31.2 Å². The van der Waals surface area contributed by atoms with Crippen LogP contribution in [0.5, 0.6) is 0 Å². The molecule has 0 aliphatic rings. The molecule has 1 N–H and O–H groups in total. The van der Waals surface area contributed by atoms with E-state index in [1.165, 1.54) is 11.8 Å². The summed E-state index contributed by atoms with van der Waals surface area (Å²) in [6, 6.07) is 11.0. The number of carbonyl (C=O) groups excluding carboxylic acids is 1. The summed E-state index contributed by atoms with van der Waals surface area (Å²) in [5, 5.41) is 3.97. The van der Waals surface area contributed by atoms with Crippen molar-refractivity contribution in [3.05, 3.63) is 63.1 Å². The Bertz CT molecular complexity index is 1040. The van der Waals surface area contributed by atoms with E-state index in [1.807, 2.05) is 44.2 Å². The molecule has 3 aromatic rings. The van der Waals surface area contributed by atoms with Gasteiger partial charge in [0.15, 0.2) is 5.16 Å². The van der Waals surface area contributed by atoms with Crippen molar-refractivity contribution in [1.29, 1.82) is 0 Å². The molecule has 0 bridgehead atoms. The van der Waals surface area contributed by atoms with E-state index in [0.29, 0.717) is 29.1 Å². The normalized spacial score (nSPS) is 11.1. The number of thioether (sulfide) groups is 1. The van der Waals surface area contributed by atoms with Gasteiger partial charge in [0.05, 0.1) is 28.9 Å². The van der Waals surface area contributed by atoms with Crippen molar-refractivity contribution in [2.75, 3.05) is 5.75 Å². The van der Waals surface area contributed by atoms with Crippen LogP contribution in [0.1, 0.15) is 19.5 Å². The minimum absolute atomic E-state index is 0.0867. The van der Waals surface area contributed by atoms with E-state index in [0.717, 1.165) is 10.2 Å². The maximum absolute atomic E-state index is 13.0. The average molecular weight is 461 g/mol. The van der Waals surface area contributed by atoms with E-state index in [1.54, 1.807) is 16.8 Å². The Kier molecular flexibility index (Phi) is 6.85. The second-order valence-corrected chi connectivity index (χ2v) is 8.61. The summed E-state index contributed by atoms with van der Waals surface area (Å²) in [7, 11) is 0. The maximum Gasteiger partial charge on any atom is 0.262 e. The summed E-state index contributed by atoms with van der Waals surface area (Å²) >= 11 is 4.68. The van der Waals surface area contributed by atoms with Crippen LogP contribution in [0.15, 0.2) is 57.0 Å². The number of hydrogen-bond donors (Lipinski definition) is 1. The number of nitrogens with one attached hydrogen (secondary N) is 1. The first kappa shape index (κ1) is 20.5. The van der Waals surface area contributed by atoms with Crippen molar-refractivity contribution in [2.24, 2.45) is 5.92 Å². The highest BCUT2D eigenvalue weighted by atomic mass is 79.9. The number of aromatic nitrogens is 3. The first-order chi connectivity index (χ1) is 13.4. The third kappa shape index (κ3) is 5.20. The number of rotatable bonds is 7. The number of amides is 1. The Morgan fingerprint density at radius 1 is 1.29 bits per heavy atom. The van der Waals surface area contributed by atoms with Crippen LogP contribution in [0.2, 0.25) is 0 Å². The van der Waals surface area contributed by atoms with Crippen LogP contribution in [0.3, 0.4) is 0 Å². The molecule has 0 radical (unpaired) electrons. The number of fused-ring (bicyclic) bond motifs is 1. The van der Waals surface area contributed by atoms with Crippen LogP contribution in [0, 0.1) is 5.92 Å². The van der Waals surface area contributed by atoms with Crippen molar-refractivity contribution in [3.8, 4) is 0 Å². The summed E-state index contributed by atoms with van der Waals surface area (Å²) in [6.07, 6.45) is 1.69. The van der Waals surface area contributed by atoms with Crippen LogP contribution in [-0.2, 0) is 17.9 Å². The smallest absolute Gasteiger partial charge is 0.262 e. The lowest BCUT2D eigenvalue weighted by Crippen LogP contribution is -2.28. The van der Waals surface area contributed by atoms with Crippen molar-refractivity contribution < 1.29 is 4.79 Å². The highest BCUT2D eigenvalue weighted by molar-refractivity contribution is 9.10. The fourth-order valence-electron chi connectivity index (χ4n) is 2.68. The summed E-state index contributed by atoms with van der Waals surface area (Å²) in [4.78, 5) is 34.0.